The summed E-state index contributed by atoms with van der Waals surface area (Å²) in [6.45, 7) is 1.15. The van der Waals surface area contributed by atoms with Gasteiger partial charge in [-0.15, -0.1) is 0 Å². The van der Waals surface area contributed by atoms with E-state index in [2.05, 4.69) is 5.32 Å². The first-order valence-corrected chi connectivity index (χ1v) is 5.38. The Kier molecular flexibility index (Phi) is 6.00. The summed E-state index contributed by atoms with van der Waals surface area (Å²) in [6, 6.07) is 10.2. The molecule has 1 aromatic carbocycles. The molecule has 0 heterocycles. The largest absolute Gasteiger partial charge is 0.396 e. The van der Waals surface area contributed by atoms with Gasteiger partial charge >= 0.3 is 0 Å². The van der Waals surface area contributed by atoms with Gasteiger partial charge in [-0.2, -0.15) is 0 Å². The Morgan fingerprint density at radius 1 is 1.07 bits per heavy atom. The molecule has 3 heteroatoms. The van der Waals surface area contributed by atoms with Crippen molar-refractivity contribution in [2.75, 3.05) is 19.8 Å². The van der Waals surface area contributed by atoms with Gasteiger partial charge in [-0.25, -0.2) is 0 Å². The highest BCUT2D eigenvalue weighted by Gasteiger charge is 2.08. The minimum atomic E-state index is 0.172. The summed E-state index contributed by atoms with van der Waals surface area (Å²) >= 11 is 0. The van der Waals surface area contributed by atoms with E-state index < -0.39 is 0 Å². The Labute approximate surface area is 90.8 Å². The fourth-order valence-corrected chi connectivity index (χ4v) is 1.56. The maximum atomic E-state index is 8.97. The van der Waals surface area contributed by atoms with Gasteiger partial charge in [0.15, 0.2) is 0 Å². The van der Waals surface area contributed by atoms with Crippen molar-refractivity contribution in [3.05, 3.63) is 35.9 Å². The van der Waals surface area contributed by atoms with E-state index in [1.165, 1.54) is 5.56 Å². The lowest BCUT2D eigenvalue weighted by Gasteiger charge is -2.17. The Balaban J connectivity index is 2.50. The molecule has 0 spiro atoms. The fraction of sp³-hybridized carbons (Fsp3) is 0.500. The van der Waals surface area contributed by atoms with Gasteiger partial charge in [0.05, 0.1) is 0 Å². The van der Waals surface area contributed by atoms with Crippen LogP contribution in [0.3, 0.4) is 0 Å². The fourth-order valence-electron chi connectivity index (χ4n) is 1.56. The zero-order valence-corrected chi connectivity index (χ0v) is 8.89. The number of aliphatic hydroxyl groups excluding tert-OH is 2. The molecule has 3 N–H and O–H groups in total. The van der Waals surface area contributed by atoms with Gasteiger partial charge in [-0.05, 0) is 24.9 Å². The molecule has 0 amide bonds. The zero-order valence-electron chi connectivity index (χ0n) is 8.89. The number of nitrogens with one attached hydrogen (secondary N) is 1. The summed E-state index contributed by atoms with van der Waals surface area (Å²) in [5.41, 5.74) is 1.18. The lowest BCUT2D eigenvalue weighted by Crippen LogP contribution is -2.24. The number of aliphatic hydroxyl groups is 2. The van der Waals surface area contributed by atoms with Crippen molar-refractivity contribution in [1.29, 1.82) is 0 Å². The van der Waals surface area contributed by atoms with E-state index in [-0.39, 0.29) is 19.3 Å². The molecule has 1 rings (SSSR count). The Morgan fingerprint density at radius 2 is 1.80 bits per heavy atom. The third-order valence-corrected chi connectivity index (χ3v) is 2.35. The van der Waals surface area contributed by atoms with E-state index in [1.807, 2.05) is 30.3 Å². The smallest absolute Gasteiger partial charge is 0.0449 e. The average molecular weight is 209 g/mol. The summed E-state index contributed by atoms with van der Waals surface area (Å²) in [5.74, 6) is 0. The van der Waals surface area contributed by atoms with Gasteiger partial charge < -0.3 is 15.5 Å². The molecule has 1 aromatic rings. The summed E-state index contributed by atoms with van der Waals surface area (Å²) in [5, 5.41) is 21.0. The molecule has 15 heavy (non-hydrogen) atoms. The van der Waals surface area contributed by atoms with Crippen molar-refractivity contribution < 1.29 is 10.2 Å². The number of benzene rings is 1. The van der Waals surface area contributed by atoms with Gasteiger partial charge in [-0.1, -0.05) is 30.3 Å². The van der Waals surface area contributed by atoms with E-state index in [0.29, 0.717) is 6.42 Å². The van der Waals surface area contributed by atoms with E-state index in [1.54, 1.807) is 0 Å². The second-order valence-corrected chi connectivity index (χ2v) is 3.51. The lowest BCUT2D eigenvalue weighted by molar-refractivity contribution is 0.257. The van der Waals surface area contributed by atoms with Crippen molar-refractivity contribution >= 4 is 0 Å². The first-order chi connectivity index (χ1) is 7.38. The summed E-state index contributed by atoms with van der Waals surface area (Å²) < 4.78 is 0. The third-order valence-electron chi connectivity index (χ3n) is 2.35. The highest BCUT2D eigenvalue weighted by Crippen LogP contribution is 2.15. The van der Waals surface area contributed by atoms with Crippen LogP contribution in [0.2, 0.25) is 0 Å². The van der Waals surface area contributed by atoms with E-state index >= 15 is 0 Å². The molecular weight excluding hydrogens is 190 g/mol. The van der Waals surface area contributed by atoms with Crippen LogP contribution in [0.5, 0.6) is 0 Å². The van der Waals surface area contributed by atoms with Crippen LogP contribution >= 0.6 is 0 Å². The van der Waals surface area contributed by atoms with Gasteiger partial charge in [0.2, 0.25) is 0 Å². The second kappa shape index (κ2) is 7.40. The van der Waals surface area contributed by atoms with Crippen LogP contribution in [-0.4, -0.2) is 30.0 Å². The van der Waals surface area contributed by atoms with Crippen LogP contribution < -0.4 is 5.32 Å². The van der Waals surface area contributed by atoms with Gasteiger partial charge in [0, 0.05) is 19.3 Å². The molecule has 3 nitrogen and oxygen atoms in total. The summed E-state index contributed by atoms with van der Waals surface area (Å²) in [6.07, 6.45) is 1.45. The third kappa shape index (κ3) is 4.42. The Bertz CT molecular complexity index is 251. The first kappa shape index (κ1) is 12.2. The van der Waals surface area contributed by atoms with Crippen molar-refractivity contribution in [2.45, 2.75) is 18.9 Å². The lowest BCUT2D eigenvalue weighted by atomic mass is 10.0. The molecule has 0 radical (unpaired) electrons. The highest BCUT2D eigenvalue weighted by atomic mass is 16.3. The molecule has 0 fully saturated rings. The maximum Gasteiger partial charge on any atom is 0.0449 e. The highest BCUT2D eigenvalue weighted by molar-refractivity contribution is 5.18. The molecule has 0 aliphatic carbocycles. The Hall–Kier alpha value is -0.900. The van der Waals surface area contributed by atoms with Crippen LogP contribution in [0.15, 0.2) is 30.3 Å². The molecule has 0 aliphatic rings. The molecule has 0 aromatic heterocycles. The number of rotatable bonds is 7. The molecule has 0 saturated heterocycles. The predicted molar refractivity (Wildman–Crippen MR) is 60.6 cm³/mol. The topological polar surface area (TPSA) is 52.5 Å². The molecule has 1 atom stereocenters. The SMILES string of the molecule is OCCCNC(CCO)c1ccccc1. The number of hydrogen-bond donors (Lipinski definition) is 3. The van der Waals surface area contributed by atoms with E-state index in [0.717, 1.165) is 13.0 Å². The second-order valence-electron chi connectivity index (χ2n) is 3.51. The van der Waals surface area contributed by atoms with E-state index in [4.69, 9.17) is 10.2 Å². The minimum absolute atomic E-state index is 0.172. The average Bonchev–Trinajstić information content (AvgIpc) is 2.29. The van der Waals surface area contributed by atoms with Crippen LogP contribution in [0.25, 0.3) is 0 Å². The monoisotopic (exact) mass is 209 g/mol. The van der Waals surface area contributed by atoms with Gasteiger partial charge in [-0.3, -0.25) is 0 Å². The summed E-state index contributed by atoms with van der Waals surface area (Å²) in [4.78, 5) is 0. The molecule has 0 saturated carbocycles. The van der Waals surface area contributed by atoms with E-state index in [9.17, 15) is 0 Å². The minimum Gasteiger partial charge on any atom is -0.396 e. The predicted octanol–water partition coefficient (Wildman–Crippen LogP) is 1.08. The standard InChI is InChI=1S/C12H19NO2/c14-9-4-8-13-12(7-10-15)11-5-2-1-3-6-11/h1-3,5-6,12-15H,4,7-10H2. The van der Waals surface area contributed by atoms with Crippen LogP contribution in [0, 0.1) is 0 Å². The van der Waals surface area contributed by atoms with Gasteiger partial charge in [0.25, 0.3) is 0 Å². The van der Waals surface area contributed by atoms with Crippen LogP contribution in [0.1, 0.15) is 24.4 Å². The van der Waals surface area contributed by atoms with Crippen molar-refractivity contribution in [3.8, 4) is 0 Å². The maximum absolute atomic E-state index is 8.97. The zero-order chi connectivity index (χ0) is 10.9. The van der Waals surface area contributed by atoms with Crippen molar-refractivity contribution in [2.24, 2.45) is 0 Å². The van der Waals surface area contributed by atoms with Crippen LogP contribution in [0.4, 0.5) is 0 Å². The Morgan fingerprint density at radius 3 is 2.40 bits per heavy atom. The number of hydrogen-bond acceptors (Lipinski definition) is 3. The molecule has 1 unspecified atom stereocenters. The van der Waals surface area contributed by atoms with Crippen molar-refractivity contribution in [3.63, 3.8) is 0 Å². The molecular formula is C12H19NO2. The molecule has 84 valence electrons. The van der Waals surface area contributed by atoms with Crippen molar-refractivity contribution in [1.82, 2.24) is 5.32 Å². The van der Waals surface area contributed by atoms with Gasteiger partial charge in [0.1, 0.15) is 0 Å². The first-order valence-electron chi connectivity index (χ1n) is 5.38. The quantitative estimate of drug-likeness (QED) is 0.589. The van der Waals surface area contributed by atoms with Crippen LogP contribution in [-0.2, 0) is 0 Å². The summed E-state index contributed by atoms with van der Waals surface area (Å²) in [7, 11) is 0. The normalized spacial score (nSPS) is 12.7. The molecule has 0 bridgehead atoms. The molecule has 0 aliphatic heterocycles.